The fraction of sp³-hybridized carbons (Fsp3) is 0.200. The van der Waals surface area contributed by atoms with Gasteiger partial charge in [0.15, 0.2) is 0 Å². The second kappa shape index (κ2) is 7.09. The van der Waals surface area contributed by atoms with E-state index in [0.717, 1.165) is 30.8 Å². The normalized spacial score (nSPS) is 14.0. The molecule has 2 aromatic carbocycles. The third kappa shape index (κ3) is 3.65. The van der Waals surface area contributed by atoms with Crippen LogP contribution in [0.1, 0.15) is 16.8 Å². The summed E-state index contributed by atoms with van der Waals surface area (Å²) >= 11 is 0. The number of benzene rings is 2. The fourth-order valence-corrected chi connectivity index (χ4v) is 3.19. The van der Waals surface area contributed by atoms with Crippen LogP contribution in [0.25, 0.3) is 0 Å². The van der Waals surface area contributed by atoms with Crippen LogP contribution in [-0.4, -0.2) is 21.4 Å². The highest BCUT2D eigenvalue weighted by atomic mass is 19.1. The van der Waals surface area contributed by atoms with Crippen LogP contribution in [0, 0.1) is 5.82 Å². The number of H-pyrrole nitrogens is 1. The zero-order valence-electron chi connectivity index (χ0n) is 14.2. The second-order valence-corrected chi connectivity index (χ2v) is 6.42. The van der Waals surface area contributed by atoms with E-state index in [-0.39, 0.29) is 11.4 Å². The number of nitrogens with one attached hydrogen (secondary N) is 2. The van der Waals surface area contributed by atoms with E-state index in [0.29, 0.717) is 18.2 Å². The lowest BCUT2D eigenvalue weighted by molar-refractivity contribution is 0.242. The summed E-state index contributed by atoms with van der Waals surface area (Å²) < 4.78 is 13.0. The largest absolute Gasteiger partial charge is 0.326 e. The Morgan fingerprint density at radius 3 is 2.65 bits per heavy atom. The molecule has 0 bridgehead atoms. The zero-order valence-corrected chi connectivity index (χ0v) is 14.2. The molecule has 0 fully saturated rings. The molecule has 26 heavy (non-hydrogen) atoms. The van der Waals surface area contributed by atoms with Crippen molar-refractivity contribution in [1.82, 2.24) is 14.9 Å². The summed E-state index contributed by atoms with van der Waals surface area (Å²) in [6.07, 6.45) is 0.726. The Hall–Kier alpha value is -2.99. The standard InChI is InChI=1S/C20H19FN4O/c21-15-6-8-16(9-7-15)22-20-23-18-10-11-25(13-17(18)19(26)24-20)12-14-4-2-1-3-5-14/h1-9H,10-13H2,(H2,22,23,24,26). The number of hydrogen-bond acceptors (Lipinski definition) is 4. The first-order valence-corrected chi connectivity index (χ1v) is 8.58. The minimum atomic E-state index is -0.305. The zero-order chi connectivity index (χ0) is 17.9. The lowest BCUT2D eigenvalue weighted by atomic mass is 10.1. The van der Waals surface area contributed by atoms with Crippen LogP contribution in [0.15, 0.2) is 59.4 Å². The van der Waals surface area contributed by atoms with Gasteiger partial charge in [0.05, 0.1) is 11.3 Å². The van der Waals surface area contributed by atoms with E-state index < -0.39 is 0 Å². The van der Waals surface area contributed by atoms with Gasteiger partial charge in [-0.2, -0.15) is 0 Å². The van der Waals surface area contributed by atoms with Crippen molar-refractivity contribution in [2.75, 3.05) is 11.9 Å². The maximum Gasteiger partial charge on any atom is 0.257 e. The highest BCUT2D eigenvalue weighted by molar-refractivity contribution is 5.53. The van der Waals surface area contributed by atoms with Gasteiger partial charge < -0.3 is 5.32 Å². The van der Waals surface area contributed by atoms with E-state index in [4.69, 9.17) is 0 Å². The summed E-state index contributed by atoms with van der Waals surface area (Å²) in [5.74, 6) is 0.0813. The summed E-state index contributed by atoms with van der Waals surface area (Å²) in [6.45, 7) is 2.26. The van der Waals surface area contributed by atoms with Gasteiger partial charge in [-0.1, -0.05) is 30.3 Å². The van der Waals surface area contributed by atoms with Gasteiger partial charge in [0.1, 0.15) is 5.82 Å². The molecule has 1 aliphatic heterocycles. The molecule has 0 atom stereocenters. The van der Waals surface area contributed by atoms with E-state index in [2.05, 4.69) is 32.3 Å². The summed E-state index contributed by atoms with van der Waals surface area (Å²) in [4.78, 5) is 22.1. The van der Waals surface area contributed by atoms with Gasteiger partial charge in [-0.15, -0.1) is 0 Å². The van der Waals surface area contributed by atoms with Crippen molar-refractivity contribution in [3.8, 4) is 0 Å². The molecule has 2 N–H and O–H groups in total. The smallest absolute Gasteiger partial charge is 0.257 e. The van der Waals surface area contributed by atoms with E-state index in [1.165, 1.54) is 17.7 Å². The van der Waals surface area contributed by atoms with Crippen molar-refractivity contribution in [1.29, 1.82) is 0 Å². The molecule has 2 heterocycles. The Kier molecular flexibility index (Phi) is 4.50. The Morgan fingerprint density at radius 1 is 1.12 bits per heavy atom. The monoisotopic (exact) mass is 350 g/mol. The van der Waals surface area contributed by atoms with Gasteiger partial charge in [-0.25, -0.2) is 9.37 Å². The van der Waals surface area contributed by atoms with E-state index in [9.17, 15) is 9.18 Å². The fourth-order valence-electron chi connectivity index (χ4n) is 3.19. The Labute approximate surface area is 150 Å². The van der Waals surface area contributed by atoms with Crippen molar-refractivity contribution in [3.63, 3.8) is 0 Å². The van der Waals surface area contributed by atoms with Crippen LogP contribution in [0.3, 0.4) is 0 Å². The van der Waals surface area contributed by atoms with Gasteiger partial charge in [0.2, 0.25) is 5.95 Å². The van der Waals surface area contributed by atoms with E-state index >= 15 is 0 Å². The third-order valence-corrected chi connectivity index (χ3v) is 4.50. The highest BCUT2D eigenvalue weighted by Gasteiger charge is 2.21. The van der Waals surface area contributed by atoms with Crippen LogP contribution in [0.5, 0.6) is 0 Å². The Bertz CT molecular complexity index is 954. The second-order valence-electron chi connectivity index (χ2n) is 6.42. The van der Waals surface area contributed by atoms with Crippen LogP contribution in [0.2, 0.25) is 0 Å². The third-order valence-electron chi connectivity index (χ3n) is 4.50. The number of fused-ring (bicyclic) bond motifs is 1. The molecule has 0 saturated heterocycles. The lowest BCUT2D eigenvalue weighted by Crippen LogP contribution is -2.35. The van der Waals surface area contributed by atoms with Gasteiger partial charge in [0.25, 0.3) is 5.56 Å². The summed E-state index contributed by atoms with van der Waals surface area (Å²) in [5.41, 5.74) is 3.32. The molecule has 0 saturated carbocycles. The predicted octanol–water partition coefficient (Wildman–Crippen LogP) is 3.21. The topological polar surface area (TPSA) is 61.0 Å². The van der Waals surface area contributed by atoms with Crippen molar-refractivity contribution in [2.45, 2.75) is 19.5 Å². The van der Waals surface area contributed by atoms with Crippen LogP contribution >= 0.6 is 0 Å². The first kappa shape index (κ1) is 16.5. The quantitative estimate of drug-likeness (QED) is 0.759. The number of aromatic amines is 1. The Morgan fingerprint density at radius 2 is 1.88 bits per heavy atom. The summed E-state index contributed by atoms with van der Waals surface area (Å²) in [6, 6.07) is 16.2. The van der Waals surface area contributed by atoms with Crippen molar-refractivity contribution in [2.24, 2.45) is 0 Å². The average Bonchev–Trinajstić information content (AvgIpc) is 2.65. The van der Waals surface area contributed by atoms with Crippen molar-refractivity contribution in [3.05, 3.63) is 87.6 Å². The molecule has 5 nitrogen and oxygen atoms in total. The maximum absolute atomic E-state index is 13.0. The molecule has 3 aromatic rings. The molecule has 0 aliphatic carbocycles. The number of aromatic nitrogens is 2. The molecule has 6 heteroatoms. The molecule has 0 amide bonds. The number of nitrogens with zero attached hydrogens (tertiary/aromatic N) is 2. The van der Waals surface area contributed by atoms with Crippen LogP contribution < -0.4 is 10.9 Å². The van der Waals surface area contributed by atoms with Crippen LogP contribution in [-0.2, 0) is 19.5 Å². The van der Waals surface area contributed by atoms with E-state index in [1.54, 1.807) is 12.1 Å². The SMILES string of the molecule is O=c1[nH]c(Nc2ccc(F)cc2)nc2c1CN(Cc1ccccc1)CC2. The minimum absolute atomic E-state index is 0.127. The minimum Gasteiger partial charge on any atom is -0.326 e. The average molecular weight is 350 g/mol. The summed E-state index contributed by atoms with van der Waals surface area (Å²) in [7, 11) is 0. The van der Waals surface area contributed by atoms with Crippen LogP contribution in [0.4, 0.5) is 16.0 Å². The lowest BCUT2D eigenvalue weighted by Gasteiger charge is -2.27. The van der Waals surface area contributed by atoms with Gasteiger partial charge in [0, 0.05) is 31.7 Å². The van der Waals surface area contributed by atoms with Gasteiger partial charge in [-0.05, 0) is 29.8 Å². The Balaban J connectivity index is 1.51. The van der Waals surface area contributed by atoms with Gasteiger partial charge in [-0.3, -0.25) is 14.7 Å². The van der Waals surface area contributed by atoms with Gasteiger partial charge >= 0.3 is 0 Å². The first-order chi connectivity index (χ1) is 12.7. The molecular weight excluding hydrogens is 331 g/mol. The van der Waals surface area contributed by atoms with Crippen molar-refractivity contribution >= 4 is 11.6 Å². The molecule has 0 radical (unpaired) electrons. The first-order valence-electron chi connectivity index (χ1n) is 8.58. The highest BCUT2D eigenvalue weighted by Crippen LogP contribution is 2.19. The number of hydrogen-bond donors (Lipinski definition) is 2. The predicted molar refractivity (Wildman–Crippen MR) is 98.8 cm³/mol. The molecule has 4 rings (SSSR count). The number of anilines is 2. The van der Waals surface area contributed by atoms with E-state index in [1.807, 2.05) is 18.2 Å². The number of halogens is 1. The number of rotatable bonds is 4. The molecule has 0 unspecified atom stereocenters. The molecule has 1 aliphatic rings. The molecule has 132 valence electrons. The molecular formula is C20H19FN4O. The maximum atomic E-state index is 13.0. The summed E-state index contributed by atoms with van der Waals surface area (Å²) in [5, 5.41) is 3.03. The molecule has 0 spiro atoms. The molecule has 1 aromatic heterocycles. The van der Waals surface area contributed by atoms with Crippen molar-refractivity contribution < 1.29 is 4.39 Å².